The number of carboxylic acid groups (broad SMARTS) is 1. The van der Waals surface area contributed by atoms with E-state index in [1.54, 1.807) is 24.3 Å². The number of hydrogen-bond acceptors (Lipinski definition) is 2. The largest absolute Gasteiger partial charge is 0.480 e. The van der Waals surface area contributed by atoms with Gasteiger partial charge in [0.15, 0.2) is 4.87 Å². The lowest BCUT2D eigenvalue weighted by molar-refractivity contribution is -0.140. The van der Waals surface area contributed by atoms with Crippen LogP contribution in [0.5, 0.6) is 0 Å². The molecule has 1 rings (SSSR count). The summed E-state index contributed by atoms with van der Waals surface area (Å²) in [6.07, 6.45) is 0.216. The van der Waals surface area contributed by atoms with Gasteiger partial charge in [-0.2, -0.15) is 0 Å². The maximum atomic E-state index is 11.0. The molecule has 0 saturated carbocycles. The Morgan fingerprint density at radius 3 is 2.43 bits per heavy atom. The second kappa shape index (κ2) is 4.44. The fourth-order valence-corrected chi connectivity index (χ4v) is 1.51. The van der Waals surface area contributed by atoms with Crippen LogP contribution in [0.4, 0.5) is 0 Å². The Hall–Kier alpha value is -1.06. The second-order valence-corrected chi connectivity index (χ2v) is 3.66. The smallest absolute Gasteiger partial charge is 0.329 e. The molecule has 0 aliphatic heterocycles. The third-order valence-electron chi connectivity index (χ3n) is 2.06. The highest BCUT2D eigenvalue weighted by Gasteiger charge is 2.37. The zero-order valence-corrected chi connectivity index (χ0v) is 8.37. The summed E-state index contributed by atoms with van der Waals surface area (Å²) in [5.41, 5.74) is 5.91. The Labute approximate surface area is 87.5 Å². The summed E-state index contributed by atoms with van der Waals surface area (Å²) in [5.74, 6) is -1.06. The van der Waals surface area contributed by atoms with Crippen LogP contribution in [0.25, 0.3) is 0 Å². The average molecular weight is 214 g/mol. The maximum Gasteiger partial charge on any atom is 0.329 e. The summed E-state index contributed by atoms with van der Waals surface area (Å²) in [6.45, 7) is 0.241. The van der Waals surface area contributed by atoms with Gasteiger partial charge in [-0.15, -0.1) is 11.6 Å². The number of benzene rings is 1. The van der Waals surface area contributed by atoms with Gasteiger partial charge in [0.1, 0.15) is 0 Å². The minimum atomic E-state index is -1.39. The van der Waals surface area contributed by atoms with E-state index in [1.165, 1.54) is 0 Å². The number of carboxylic acids is 1. The molecule has 0 radical (unpaired) electrons. The highest BCUT2D eigenvalue weighted by molar-refractivity contribution is 6.33. The molecule has 1 aromatic carbocycles. The van der Waals surface area contributed by atoms with Crippen molar-refractivity contribution in [3.05, 3.63) is 35.9 Å². The van der Waals surface area contributed by atoms with Gasteiger partial charge in [0.2, 0.25) is 0 Å². The molecule has 0 spiro atoms. The summed E-state index contributed by atoms with van der Waals surface area (Å²) in [5, 5.41) is 9.03. The van der Waals surface area contributed by atoms with Crippen LogP contribution in [-0.2, 0) is 9.67 Å². The molecule has 76 valence electrons. The Bertz CT molecular complexity index is 315. The number of hydrogen-bond donors (Lipinski definition) is 2. The summed E-state index contributed by atoms with van der Waals surface area (Å²) >= 11 is 6.02. The standard InChI is InChI=1S/C10H12ClNO2/c11-10(6-7-12,9(13)14)8-4-2-1-3-5-8/h1-5H,6-7,12H2,(H,13,14). The molecule has 3 N–H and O–H groups in total. The molecule has 1 aromatic rings. The van der Waals surface area contributed by atoms with Gasteiger partial charge in [0.25, 0.3) is 0 Å². The predicted octanol–water partition coefficient (Wildman–Crippen LogP) is 1.55. The van der Waals surface area contributed by atoms with Crippen LogP contribution in [0.15, 0.2) is 30.3 Å². The number of aliphatic carboxylic acids is 1. The third kappa shape index (κ3) is 2.05. The fraction of sp³-hybridized carbons (Fsp3) is 0.300. The van der Waals surface area contributed by atoms with Crippen LogP contribution in [0, 0.1) is 0 Å². The predicted molar refractivity (Wildman–Crippen MR) is 55.3 cm³/mol. The SMILES string of the molecule is NCCC(Cl)(C(=O)O)c1ccccc1. The van der Waals surface area contributed by atoms with Crippen molar-refractivity contribution in [1.82, 2.24) is 0 Å². The van der Waals surface area contributed by atoms with Crippen molar-refractivity contribution < 1.29 is 9.90 Å². The van der Waals surface area contributed by atoms with Crippen LogP contribution >= 0.6 is 11.6 Å². The number of carbonyl (C=O) groups is 1. The highest BCUT2D eigenvalue weighted by Crippen LogP contribution is 2.32. The minimum Gasteiger partial charge on any atom is -0.480 e. The van der Waals surface area contributed by atoms with Crippen molar-refractivity contribution in [3.63, 3.8) is 0 Å². The molecule has 0 saturated heterocycles. The first-order chi connectivity index (χ1) is 6.61. The molecule has 14 heavy (non-hydrogen) atoms. The van der Waals surface area contributed by atoms with Gasteiger partial charge in [0.05, 0.1) is 0 Å². The lowest BCUT2D eigenvalue weighted by Crippen LogP contribution is -2.32. The Kier molecular flexibility index (Phi) is 3.49. The number of nitrogens with two attached hydrogens (primary N) is 1. The fourth-order valence-electron chi connectivity index (χ4n) is 1.28. The molecule has 0 aliphatic carbocycles. The van der Waals surface area contributed by atoms with E-state index in [9.17, 15) is 4.79 Å². The van der Waals surface area contributed by atoms with E-state index >= 15 is 0 Å². The Morgan fingerprint density at radius 2 is 2.00 bits per heavy atom. The molecule has 0 amide bonds. The van der Waals surface area contributed by atoms with Crippen molar-refractivity contribution in [3.8, 4) is 0 Å². The van der Waals surface area contributed by atoms with Crippen molar-refractivity contribution in [2.45, 2.75) is 11.3 Å². The van der Waals surface area contributed by atoms with Crippen LogP contribution in [-0.4, -0.2) is 17.6 Å². The summed E-state index contributed by atoms with van der Waals surface area (Å²) < 4.78 is 0. The molecule has 1 unspecified atom stereocenters. The Balaban J connectivity index is 3.06. The number of rotatable bonds is 4. The first-order valence-corrected chi connectivity index (χ1v) is 4.67. The van der Waals surface area contributed by atoms with Gasteiger partial charge in [-0.3, -0.25) is 0 Å². The number of halogens is 1. The van der Waals surface area contributed by atoms with Gasteiger partial charge in [-0.25, -0.2) is 4.79 Å². The van der Waals surface area contributed by atoms with Crippen molar-refractivity contribution in [1.29, 1.82) is 0 Å². The van der Waals surface area contributed by atoms with Crippen molar-refractivity contribution in [2.75, 3.05) is 6.54 Å². The average Bonchev–Trinajstić information content (AvgIpc) is 2.19. The maximum absolute atomic E-state index is 11.0. The quantitative estimate of drug-likeness (QED) is 0.746. The van der Waals surface area contributed by atoms with Gasteiger partial charge >= 0.3 is 5.97 Å². The monoisotopic (exact) mass is 213 g/mol. The molecule has 0 bridgehead atoms. The van der Waals surface area contributed by atoms with Gasteiger partial charge in [-0.1, -0.05) is 30.3 Å². The van der Waals surface area contributed by atoms with E-state index < -0.39 is 10.8 Å². The van der Waals surface area contributed by atoms with Crippen LogP contribution in [0.3, 0.4) is 0 Å². The van der Waals surface area contributed by atoms with Crippen LogP contribution < -0.4 is 5.73 Å². The van der Waals surface area contributed by atoms with E-state index in [-0.39, 0.29) is 13.0 Å². The number of alkyl halides is 1. The first-order valence-electron chi connectivity index (χ1n) is 4.29. The molecule has 4 heteroatoms. The van der Waals surface area contributed by atoms with Crippen molar-refractivity contribution >= 4 is 17.6 Å². The van der Waals surface area contributed by atoms with E-state index in [0.29, 0.717) is 5.56 Å². The molecule has 0 fully saturated rings. The molecular formula is C10H12ClNO2. The molecule has 0 heterocycles. The van der Waals surface area contributed by atoms with E-state index in [0.717, 1.165) is 0 Å². The normalized spacial score (nSPS) is 14.7. The van der Waals surface area contributed by atoms with E-state index in [2.05, 4.69) is 0 Å². The molecule has 3 nitrogen and oxygen atoms in total. The van der Waals surface area contributed by atoms with Gasteiger partial charge in [0, 0.05) is 0 Å². The third-order valence-corrected chi connectivity index (χ3v) is 2.63. The van der Waals surface area contributed by atoms with Crippen LogP contribution in [0.2, 0.25) is 0 Å². The summed E-state index contributed by atoms with van der Waals surface area (Å²) in [4.78, 5) is 9.63. The molecule has 0 aromatic heterocycles. The second-order valence-electron chi connectivity index (χ2n) is 3.01. The minimum absolute atomic E-state index is 0.216. The van der Waals surface area contributed by atoms with E-state index in [4.69, 9.17) is 22.4 Å². The highest BCUT2D eigenvalue weighted by atomic mass is 35.5. The topological polar surface area (TPSA) is 63.3 Å². The van der Waals surface area contributed by atoms with E-state index in [1.807, 2.05) is 6.07 Å². The lowest BCUT2D eigenvalue weighted by Gasteiger charge is -2.21. The zero-order valence-electron chi connectivity index (χ0n) is 7.61. The zero-order chi connectivity index (χ0) is 10.6. The van der Waals surface area contributed by atoms with Crippen LogP contribution in [0.1, 0.15) is 12.0 Å². The first kappa shape index (κ1) is 11.0. The van der Waals surface area contributed by atoms with Gasteiger partial charge in [-0.05, 0) is 18.5 Å². The summed E-state index contributed by atoms with van der Waals surface area (Å²) in [6, 6.07) is 8.70. The molecule has 0 aliphatic rings. The lowest BCUT2D eigenvalue weighted by atomic mass is 9.95. The van der Waals surface area contributed by atoms with Crippen molar-refractivity contribution in [2.24, 2.45) is 5.73 Å². The Morgan fingerprint density at radius 1 is 1.43 bits per heavy atom. The van der Waals surface area contributed by atoms with Gasteiger partial charge < -0.3 is 10.8 Å². The summed E-state index contributed by atoms with van der Waals surface area (Å²) in [7, 11) is 0. The molecular weight excluding hydrogens is 202 g/mol. The molecule has 1 atom stereocenters.